The van der Waals surface area contributed by atoms with E-state index in [1.807, 2.05) is 54.6 Å². The molecule has 8 heteroatoms. The number of fused-ring (bicyclic) bond motifs is 1. The summed E-state index contributed by atoms with van der Waals surface area (Å²) in [5.74, 6) is 0.708. The van der Waals surface area contributed by atoms with E-state index in [1.165, 1.54) is 12.1 Å². The molecular weight excluding hydrogens is 428 g/mol. The first-order chi connectivity index (χ1) is 16.6. The minimum atomic E-state index is -0.467. The first-order valence-electron chi connectivity index (χ1n) is 10.4. The number of aromatic nitrogens is 3. The highest BCUT2D eigenvalue weighted by atomic mass is 16.6. The van der Waals surface area contributed by atoms with Gasteiger partial charge in [-0.1, -0.05) is 54.6 Å². The molecule has 2 aromatic heterocycles. The Balaban J connectivity index is 1.73. The smallest absolute Gasteiger partial charge is 0.270 e. The fourth-order valence-electron chi connectivity index (χ4n) is 3.62. The number of non-ortho nitro benzene ring substituents is 1. The number of hydrogen-bond donors (Lipinski definition) is 1. The van der Waals surface area contributed by atoms with Crippen LogP contribution in [-0.4, -0.2) is 26.1 Å². The summed E-state index contributed by atoms with van der Waals surface area (Å²) in [4.78, 5) is 27.9. The summed E-state index contributed by atoms with van der Waals surface area (Å²) in [6.07, 6.45) is 1.63. The van der Waals surface area contributed by atoms with E-state index in [0.29, 0.717) is 22.6 Å². The number of benzene rings is 3. The molecule has 34 heavy (non-hydrogen) atoms. The summed E-state index contributed by atoms with van der Waals surface area (Å²) >= 11 is 0. The van der Waals surface area contributed by atoms with Gasteiger partial charge in [0.1, 0.15) is 17.3 Å². The fourth-order valence-corrected chi connectivity index (χ4v) is 3.62. The molecule has 1 N–H and O–H groups in total. The molecule has 2 heterocycles. The Bertz CT molecular complexity index is 1570. The summed E-state index contributed by atoms with van der Waals surface area (Å²) in [7, 11) is 0. The van der Waals surface area contributed by atoms with Gasteiger partial charge in [-0.15, -0.1) is 0 Å². The number of pyridine rings is 1. The quantitative estimate of drug-likeness (QED) is 0.208. The van der Waals surface area contributed by atoms with Gasteiger partial charge in [0.05, 0.1) is 16.0 Å². The molecule has 0 bridgehead atoms. The van der Waals surface area contributed by atoms with Crippen LogP contribution in [0.5, 0.6) is 0 Å². The van der Waals surface area contributed by atoms with Gasteiger partial charge in [-0.2, -0.15) is 5.26 Å². The van der Waals surface area contributed by atoms with Crippen LogP contribution < -0.4 is 0 Å². The molecule has 0 unspecified atom stereocenters. The van der Waals surface area contributed by atoms with Crippen LogP contribution in [0.1, 0.15) is 11.1 Å². The van der Waals surface area contributed by atoms with Crippen LogP contribution in [0, 0.1) is 21.4 Å². The third-order valence-electron chi connectivity index (χ3n) is 5.25. The number of nitro benzene ring substituents is 1. The Labute approximate surface area is 194 Å². The van der Waals surface area contributed by atoms with Gasteiger partial charge in [0, 0.05) is 23.9 Å². The summed E-state index contributed by atoms with van der Waals surface area (Å²) < 4.78 is 0. The first-order valence-corrected chi connectivity index (χ1v) is 10.4. The van der Waals surface area contributed by atoms with Gasteiger partial charge in [0.15, 0.2) is 11.6 Å². The van der Waals surface area contributed by atoms with Crippen LogP contribution in [0.3, 0.4) is 0 Å². The predicted octanol–water partition coefficient (Wildman–Crippen LogP) is 5.82. The molecule has 0 radical (unpaired) electrons. The fraction of sp³-hybridized carbons (Fsp3) is 0. The monoisotopic (exact) mass is 444 g/mol. The van der Waals surface area contributed by atoms with E-state index in [2.05, 4.69) is 26.0 Å². The molecule has 5 aromatic rings. The Morgan fingerprint density at radius 2 is 1.76 bits per heavy atom. The molecule has 5 rings (SSSR count). The number of rotatable bonds is 5. The maximum atomic E-state index is 11.3. The SMILES string of the molecule is N#Cc1c(-c2cccc([N+](=O)[O-])c2)cc(-c2nc3ccccc3[nH]2)nc1/N=C/c1ccccc1. The minimum Gasteiger partial charge on any atom is -0.337 e. The van der Waals surface area contributed by atoms with Crippen LogP contribution in [0.4, 0.5) is 11.5 Å². The largest absolute Gasteiger partial charge is 0.337 e. The summed E-state index contributed by atoms with van der Waals surface area (Å²) in [6.45, 7) is 0. The number of nitrogens with one attached hydrogen (secondary N) is 1. The number of aromatic amines is 1. The number of aliphatic imine (C=N–C) groups is 1. The molecule has 0 fully saturated rings. The van der Waals surface area contributed by atoms with Crippen molar-refractivity contribution in [1.29, 1.82) is 5.26 Å². The van der Waals surface area contributed by atoms with Crippen molar-refractivity contribution >= 4 is 28.8 Å². The van der Waals surface area contributed by atoms with Crippen molar-refractivity contribution in [3.05, 3.63) is 106 Å². The Morgan fingerprint density at radius 3 is 2.53 bits per heavy atom. The van der Waals surface area contributed by atoms with Crippen molar-refractivity contribution in [1.82, 2.24) is 15.0 Å². The molecule has 0 aliphatic heterocycles. The molecule has 0 spiro atoms. The van der Waals surface area contributed by atoms with Crippen molar-refractivity contribution < 1.29 is 4.92 Å². The van der Waals surface area contributed by atoms with Crippen LogP contribution in [0.2, 0.25) is 0 Å². The first kappa shape index (κ1) is 20.7. The highest BCUT2D eigenvalue weighted by Crippen LogP contribution is 2.34. The lowest BCUT2D eigenvalue weighted by Crippen LogP contribution is -1.95. The van der Waals surface area contributed by atoms with Crippen molar-refractivity contribution in [2.24, 2.45) is 4.99 Å². The van der Waals surface area contributed by atoms with Crippen LogP contribution >= 0.6 is 0 Å². The average Bonchev–Trinajstić information content (AvgIpc) is 3.32. The third kappa shape index (κ3) is 4.01. The van der Waals surface area contributed by atoms with Gasteiger partial charge in [-0.05, 0) is 29.3 Å². The number of nitriles is 1. The topological polar surface area (TPSA) is 121 Å². The van der Waals surface area contributed by atoms with Crippen molar-refractivity contribution in [3.8, 4) is 28.7 Å². The zero-order chi connectivity index (χ0) is 23.5. The second-order valence-corrected chi connectivity index (χ2v) is 7.44. The molecule has 0 aliphatic carbocycles. The third-order valence-corrected chi connectivity index (χ3v) is 5.25. The van der Waals surface area contributed by atoms with E-state index < -0.39 is 4.92 Å². The molecule has 3 aromatic carbocycles. The van der Waals surface area contributed by atoms with Gasteiger partial charge in [-0.25, -0.2) is 15.0 Å². The summed E-state index contributed by atoms with van der Waals surface area (Å²) in [5.41, 5.74) is 4.07. The van der Waals surface area contributed by atoms with E-state index in [4.69, 9.17) is 0 Å². The Hall–Kier alpha value is -5.16. The number of nitrogens with zero attached hydrogens (tertiary/aromatic N) is 5. The molecule has 0 saturated heterocycles. The highest BCUT2D eigenvalue weighted by molar-refractivity contribution is 5.86. The molecule has 162 valence electrons. The lowest BCUT2D eigenvalue weighted by molar-refractivity contribution is -0.384. The standard InChI is InChI=1S/C26H16N6O2/c27-15-21-20(18-9-6-10-19(13-18)32(33)34)14-24(26-29-22-11-4-5-12-23(22)30-26)31-25(21)28-16-17-7-2-1-3-8-17/h1-14,16H,(H,29,30)/b28-16+. The summed E-state index contributed by atoms with van der Waals surface area (Å²) in [5, 5.41) is 21.3. The normalized spacial score (nSPS) is 11.0. The molecule has 0 atom stereocenters. The second-order valence-electron chi connectivity index (χ2n) is 7.44. The molecular formula is C26H16N6O2. The highest BCUT2D eigenvalue weighted by Gasteiger charge is 2.18. The predicted molar refractivity (Wildman–Crippen MR) is 130 cm³/mol. The lowest BCUT2D eigenvalue weighted by Gasteiger charge is -2.09. The zero-order valence-corrected chi connectivity index (χ0v) is 17.7. The molecule has 8 nitrogen and oxygen atoms in total. The van der Waals surface area contributed by atoms with Gasteiger partial charge in [0.2, 0.25) is 0 Å². The maximum Gasteiger partial charge on any atom is 0.270 e. The summed E-state index contributed by atoms with van der Waals surface area (Å²) in [6, 6.07) is 27.1. The van der Waals surface area contributed by atoms with E-state index in [-0.39, 0.29) is 17.1 Å². The van der Waals surface area contributed by atoms with Gasteiger partial charge < -0.3 is 4.98 Å². The molecule has 0 amide bonds. The second kappa shape index (κ2) is 8.76. The number of imidazole rings is 1. The van der Waals surface area contributed by atoms with Gasteiger partial charge in [-0.3, -0.25) is 10.1 Å². The van der Waals surface area contributed by atoms with Gasteiger partial charge in [0.25, 0.3) is 5.69 Å². The van der Waals surface area contributed by atoms with Crippen LogP contribution in [0.15, 0.2) is 89.9 Å². The molecule has 0 saturated carbocycles. The number of nitro groups is 1. The number of para-hydroxylation sites is 2. The van der Waals surface area contributed by atoms with Crippen molar-refractivity contribution in [2.45, 2.75) is 0 Å². The van der Waals surface area contributed by atoms with E-state index in [9.17, 15) is 15.4 Å². The van der Waals surface area contributed by atoms with Crippen LogP contribution in [-0.2, 0) is 0 Å². The Kier molecular flexibility index (Phi) is 5.34. The zero-order valence-electron chi connectivity index (χ0n) is 17.7. The number of H-pyrrole nitrogens is 1. The lowest BCUT2D eigenvalue weighted by atomic mass is 9.99. The average molecular weight is 444 g/mol. The maximum absolute atomic E-state index is 11.3. The van der Waals surface area contributed by atoms with Crippen molar-refractivity contribution in [3.63, 3.8) is 0 Å². The number of hydrogen-bond acceptors (Lipinski definition) is 6. The van der Waals surface area contributed by atoms with E-state index in [1.54, 1.807) is 24.4 Å². The van der Waals surface area contributed by atoms with E-state index in [0.717, 1.165) is 16.6 Å². The molecule has 0 aliphatic rings. The van der Waals surface area contributed by atoms with Crippen LogP contribution in [0.25, 0.3) is 33.7 Å². The minimum absolute atomic E-state index is 0.0715. The Morgan fingerprint density at radius 1 is 0.971 bits per heavy atom. The van der Waals surface area contributed by atoms with Crippen molar-refractivity contribution in [2.75, 3.05) is 0 Å². The van der Waals surface area contributed by atoms with Gasteiger partial charge >= 0.3 is 0 Å². The van der Waals surface area contributed by atoms with E-state index >= 15 is 0 Å².